The van der Waals surface area contributed by atoms with Gasteiger partial charge in [0.2, 0.25) is 5.91 Å². The molecule has 6 nitrogen and oxygen atoms in total. The zero-order chi connectivity index (χ0) is 14.0. The van der Waals surface area contributed by atoms with E-state index in [-0.39, 0.29) is 5.91 Å². The standard InChI is InChI=1S/C12H17N5OS/c1-8-6-10-13-9(14-11(18)4-5-19)7-12(16(2)3)17(10)15-8/h6-7,19H,4-5H2,1-3H3,(H,13,14,18). The number of fused-ring (bicyclic) bond motifs is 1. The number of nitrogens with zero attached hydrogens (tertiary/aromatic N) is 4. The topological polar surface area (TPSA) is 62.5 Å². The maximum atomic E-state index is 11.6. The summed E-state index contributed by atoms with van der Waals surface area (Å²) in [5.74, 6) is 1.82. The zero-order valence-electron chi connectivity index (χ0n) is 11.2. The van der Waals surface area contributed by atoms with E-state index in [2.05, 4.69) is 28.0 Å². The molecule has 0 aromatic carbocycles. The van der Waals surface area contributed by atoms with Crippen molar-refractivity contribution in [1.29, 1.82) is 0 Å². The molecule has 0 aliphatic carbocycles. The first kappa shape index (κ1) is 13.7. The molecule has 19 heavy (non-hydrogen) atoms. The number of thiol groups is 1. The minimum Gasteiger partial charge on any atom is -0.363 e. The van der Waals surface area contributed by atoms with E-state index in [1.165, 1.54) is 0 Å². The van der Waals surface area contributed by atoms with Crippen LogP contribution in [-0.4, -0.2) is 40.4 Å². The number of hydrogen-bond acceptors (Lipinski definition) is 5. The molecule has 2 heterocycles. The molecule has 1 N–H and O–H groups in total. The maximum absolute atomic E-state index is 11.6. The summed E-state index contributed by atoms with van der Waals surface area (Å²) in [5, 5.41) is 7.15. The van der Waals surface area contributed by atoms with Gasteiger partial charge in [-0.3, -0.25) is 4.79 Å². The lowest BCUT2D eigenvalue weighted by Gasteiger charge is -2.15. The smallest absolute Gasteiger partial charge is 0.226 e. The number of nitrogens with one attached hydrogen (secondary N) is 1. The Hall–Kier alpha value is -1.76. The van der Waals surface area contributed by atoms with E-state index in [4.69, 9.17) is 0 Å². The Labute approximate surface area is 117 Å². The van der Waals surface area contributed by atoms with Crippen LogP contribution in [0.4, 0.5) is 11.6 Å². The number of aryl methyl sites for hydroxylation is 1. The first-order valence-corrected chi connectivity index (χ1v) is 6.60. The van der Waals surface area contributed by atoms with Crippen LogP contribution in [0.15, 0.2) is 12.1 Å². The molecule has 0 bridgehead atoms. The van der Waals surface area contributed by atoms with Crippen molar-refractivity contribution in [3.63, 3.8) is 0 Å². The van der Waals surface area contributed by atoms with E-state index in [0.29, 0.717) is 23.6 Å². The number of rotatable bonds is 4. The molecule has 7 heteroatoms. The van der Waals surface area contributed by atoms with Crippen molar-refractivity contribution in [3.8, 4) is 0 Å². The van der Waals surface area contributed by atoms with Gasteiger partial charge in [0.1, 0.15) is 11.6 Å². The van der Waals surface area contributed by atoms with E-state index in [1.54, 1.807) is 10.6 Å². The molecule has 0 saturated carbocycles. The lowest BCUT2D eigenvalue weighted by atomic mass is 10.4. The van der Waals surface area contributed by atoms with Crippen molar-refractivity contribution in [2.45, 2.75) is 13.3 Å². The molecule has 0 spiro atoms. The molecule has 0 aliphatic rings. The van der Waals surface area contributed by atoms with Crippen LogP contribution in [0.3, 0.4) is 0 Å². The molecule has 1 amide bonds. The predicted molar refractivity (Wildman–Crippen MR) is 79.2 cm³/mol. The second kappa shape index (κ2) is 5.48. The summed E-state index contributed by atoms with van der Waals surface area (Å²) in [5.41, 5.74) is 1.60. The Morgan fingerprint density at radius 1 is 1.47 bits per heavy atom. The van der Waals surface area contributed by atoms with Gasteiger partial charge >= 0.3 is 0 Å². The van der Waals surface area contributed by atoms with E-state index in [9.17, 15) is 4.79 Å². The molecule has 2 aromatic rings. The lowest BCUT2D eigenvalue weighted by Crippen LogP contribution is -2.17. The van der Waals surface area contributed by atoms with Gasteiger partial charge in [0.25, 0.3) is 0 Å². The average Bonchev–Trinajstić information content (AvgIpc) is 2.68. The number of anilines is 2. The van der Waals surface area contributed by atoms with Gasteiger partial charge in [-0.15, -0.1) is 0 Å². The van der Waals surface area contributed by atoms with Crippen LogP contribution in [0.25, 0.3) is 5.65 Å². The molecule has 102 valence electrons. The third-order valence-corrected chi connectivity index (χ3v) is 2.82. The second-order valence-corrected chi connectivity index (χ2v) is 4.92. The third-order valence-electron chi connectivity index (χ3n) is 2.60. The van der Waals surface area contributed by atoms with Gasteiger partial charge in [-0.05, 0) is 12.7 Å². The van der Waals surface area contributed by atoms with Crippen LogP contribution in [0.2, 0.25) is 0 Å². The Kier molecular flexibility index (Phi) is 3.94. The highest BCUT2D eigenvalue weighted by atomic mass is 32.1. The first-order chi connectivity index (χ1) is 9.01. The predicted octanol–water partition coefficient (Wildman–Crippen LogP) is 1.36. The van der Waals surface area contributed by atoms with Gasteiger partial charge in [0, 0.05) is 32.6 Å². The number of carbonyl (C=O) groups is 1. The fraction of sp³-hybridized carbons (Fsp3) is 0.417. The second-order valence-electron chi connectivity index (χ2n) is 4.47. The van der Waals surface area contributed by atoms with Gasteiger partial charge < -0.3 is 10.2 Å². The molecule has 0 saturated heterocycles. The van der Waals surface area contributed by atoms with Crippen molar-refractivity contribution >= 4 is 35.8 Å². The minimum absolute atomic E-state index is 0.0900. The van der Waals surface area contributed by atoms with Gasteiger partial charge in [0.05, 0.1) is 5.69 Å². The molecular formula is C12H17N5OS. The van der Waals surface area contributed by atoms with Crippen molar-refractivity contribution in [2.24, 2.45) is 0 Å². The highest BCUT2D eigenvalue weighted by molar-refractivity contribution is 7.80. The molecule has 0 unspecified atom stereocenters. The first-order valence-electron chi connectivity index (χ1n) is 5.96. The van der Waals surface area contributed by atoms with Crippen LogP contribution >= 0.6 is 12.6 Å². The number of hydrogen-bond donors (Lipinski definition) is 2. The normalized spacial score (nSPS) is 10.7. The number of amides is 1. The number of aromatic nitrogens is 3. The molecule has 0 atom stereocenters. The van der Waals surface area contributed by atoms with Crippen molar-refractivity contribution < 1.29 is 4.79 Å². The molecule has 0 aliphatic heterocycles. The Bertz CT molecular complexity index is 607. The molecule has 0 radical (unpaired) electrons. The summed E-state index contributed by atoms with van der Waals surface area (Å²) in [6.45, 7) is 1.91. The van der Waals surface area contributed by atoms with E-state index in [0.717, 1.165) is 11.5 Å². The third kappa shape index (κ3) is 2.98. The highest BCUT2D eigenvalue weighted by Gasteiger charge is 2.11. The SMILES string of the molecule is Cc1cc2nc(NC(=O)CCS)cc(N(C)C)n2n1. The molecule has 2 rings (SSSR count). The Morgan fingerprint density at radius 3 is 2.84 bits per heavy atom. The summed E-state index contributed by atoms with van der Waals surface area (Å²) in [6, 6.07) is 3.68. The lowest BCUT2D eigenvalue weighted by molar-refractivity contribution is -0.115. The summed E-state index contributed by atoms with van der Waals surface area (Å²) in [7, 11) is 3.84. The van der Waals surface area contributed by atoms with Crippen LogP contribution in [0.5, 0.6) is 0 Å². The highest BCUT2D eigenvalue weighted by Crippen LogP contribution is 2.19. The monoisotopic (exact) mass is 279 g/mol. The van der Waals surface area contributed by atoms with Gasteiger partial charge in [0.15, 0.2) is 5.65 Å². The summed E-state index contributed by atoms with van der Waals surface area (Å²) < 4.78 is 1.75. The van der Waals surface area contributed by atoms with Crippen molar-refractivity contribution in [1.82, 2.24) is 14.6 Å². The van der Waals surface area contributed by atoms with Crippen LogP contribution in [0, 0.1) is 6.92 Å². The van der Waals surface area contributed by atoms with Gasteiger partial charge in [-0.1, -0.05) is 0 Å². The number of carbonyl (C=O) groups excluding carboxylic acids is 1. The largest absolute Gasteiger partial charge is 0.363 e. The summed E-state index contributed by atoms with van der Waals surface area (Å²) >= 11 is 4.04. The maximum Gasteiger partial charge on any atom is 0.226 e. The van der Waals surface area contributed by atoms with E-state index < -0.39 is 0 Å². The fourth-order valence-electron chi connectivity index (χ4n) is 1.76. The van der Waals surface area contributed by atoms with Gasteiger partial charge in [-0.2, -0.15) is 22.2 Å². The quantitative estimate of drug-likeness (QED) is 0.830. The summed E-state index contributed by atoms with van der Waals surface area (Å²) in [4.78, 5) is 17.9. The Morgan fingerprint density at radius 2 is 2.21 bits per heavy atom. The van der Waals surface area contributed by atoms with Crippen LogP contribution in [0.1, 0.15) is 12.1 Å². The molecule has 0 fully saturated rings. The van der Waals surface area contributed by atoms with E-state index >= 15 is 0 Å². The Balaban J connectivity index is 2.43. The van der Waals surface area contributed by atoms with Crippen molar-refractivity contribution in [2.75, 3.05) is 30.1 Å². The summed E-state index contributed by atoms with van der Waals surface area (Å²) in [6.07, 6.45) is 0.367. The van der Waals surface area contributed by atoms with Gasteiger partial charge in [-0.25, -0.2) is 4.98 Å². The average molecular weight is 279 g/mol. The van der Waals surface area contributed by atoms with Crippen LogP contribution in [-0.2, 0) is 4.79 Å². The fourth-order valence-corrected chi connectivity index (χ4v) is 1.97. The van der Waals surface area contributed by atoms with E-state index in [1.807, 2.05) is 32.0 Å². The van der Waals surface area contributed by atoms with Crippen LogP contribution < -0.4 is 10.2 Å². The zero-order valence-corrected chi connectivity index (χ0v) is 12.1. The van der Waals surface area contributed by atoms with Crippen molar-refractivity contribution in [3.05, 3.63) is 17.8 Å². The molecule has 2 aromatic heterocycles. The molecular weight excluding hydrogens is 262 g/mol. The minimum atomic E-state index is -0.0900.